The van der Waals surface area contributed by atoms with Gasteiger partial charge >= 0.3 is 11.9 Å². The van der Waals surface area contributed by atoms with Crippen molar-refractivity contribution in [3.05, 3.63) is 51.1 Å². The van der Waals surface area contributed by atoms with Crippen LogP contribution in [0.4, 0.5) is 5.69 Å². The highest BCUT2D eigenvalue weighted by atomic mass is 16.6. The first-order valence-electron chi connectivity index (χ1n) is 5.47. The molecule has 0 aliphatic carbocycles. The van der Waals surface area contributed by atoms with Crippen molar-refractivity contribution in [1.29, 1.82) is 0 Å². The number of hydrogen-bond acceptors (Lipinski definition) is 5. The van der Waals surface area contributed by atoms with E-state index in [2.05, 4.69) is 4.74 Å². The number of ether oxygens (including phenoxy) is 1. The van der Waals surface area contributed by atoms with Crippen LogP contribution in [0.3, 0.4) is 0 Å². The normalized spacial score (nSPS) is 13.5. The van der Waals surface area contributed by atoms with E-state index in [0.29, 0.717) is 10.9 Å². The van der Waals surface area contributed by atoms with Gasteiger partial charge in [0.2, 0.25) is 0 Å². The third-order valence-electron chi connectivity index (χ3n) is 3.06. The number of hydrogen-bond donors (Lipinski definition) is 0. The average Bonchev–Trinajstić information content (AvgIpc) is 2.34. The Bertz CT molecular complexity index is 778. The highest BCUT2D eigenvalue weighted by molar-refractivity contribution is 6.22. The molecular weight excluding hydrogens is 250 g/mol. The molecule has 2 aromatic rings. The predicted molar refractivity (Wildman–Crippen MR) is 65.1 cm³/mol. The van der Waals surface area contributed by atoms with Gasteiger partial charge in [-0.3, -0.25) is 10.1 Å². The van der Waals surface area contributed by atoms with E-state index >= 15 is 0 Å². The standard InChI is InChI=1S/C13H7NO5/c1-6-4-8-10(14(17)18)3-2-7-11(8)9(5-6)13(16)19-12(7)15/h2-5H,1H3. The zero-order chi connectivity index (χ0) is 13.7. The van der Waals surface area contributed by atoms with Gasteiger partial charge in [-0.15, -0.1) is 0 Å². The second-order valence-corrected chi connectivity index (χ2v) is 4.30. The van der Waals surface area contributed by atoms with Crippen LogP contribution < -0.4 is 0 Å². The summed E-state index contributed by atoms with van der Waals surface area (Å²) >= 11 is 0. The van der Waals surface area contributed by atoms with Crippen molar-refractivity contribution >= 4 is 28.4 Å². The molecule has 6 heteroatoms. The van der Waals surface area contributed by atoms with Crippen LogP contribution in [0.5, 0.6) is 0 Å². The molecule has 0 atom stereocenters. The summed E-state index contributed by atoms with van der Waals surface area (Å²) in [6.45, 7) is 1.72. The molecule has 0 spiro atoms. The number of carbonyl (C=O) groups is 2. The van der Waals surface area contributed by atoms with Crippen LogP contribution in [0.15, 0.2) is 24.3 Å². The molecular formula is C13H7NO5. The number of nitro benzene ring substituents is 1. The summed E-state index contributed by atoms with van der Waals surface area (Å²) < 4.78 is 4.61. The Morgan fingerprint density at radius 1 is 1.11 bits per heavy atom. The second kappa shape index (κ2) is 3.61. The van der Waals surface area contributed by atoms with Gasteiger partial charge < -0.3 is 4.74 Å². The van der Waals surface area contributed by atoms with Crippen molar-refractivity contribution in [1.82, 2.24) is 0 Å². The lowest BCUT2D eigenvalue weighted by atomic mass is 9.94. The minimum absolute atomic E-state index is 0.133. The first-order chi connectivity index (χ1) is 8.99. The maximum atomic E-state index is 11.7. The molecule has 0 saturated carbocycles. The summed E-state index contributed by atoms with van der Waals surface area (Å²) in [5.74, 6) is -1.55. The number of esters is 2. The van der Waals surface area contributed by atoms with E-state index in [-0.39, 0.29) is 22.2 Å². The average molecular weight is 257 g/mol. The van der Waals surface area contributed by atoms with E-state index in [4.69, 9.17) is 0 Å². The molecule has 6 nitrogen and oxygen atoms in total. The van der Waals surface area contributed by atoms with Crippen LogP contribution in [0.2, 0.25) is 0 Å². The minimum atomic E-state index is -0.777. The van der Waals surface area contributed by atoms with Gasteiger partial charge in [0.1, 0.15) is 0 Å². The number of cyclic esters (lactones) is 2. The van der Waals surface area contributed by atoms with Crippen LogP contribution in [-0.4, -0.2) is 16.9 Å². The molecule has 0 fully saturated rings. The van der Waals surface area contributed by atoms with Gasteiger partial charge in [-0.1, -0.05) is 0 Å². The summed E-state index contributed by atoms with van der Waals surface area (Å²) in [5.41, 5.74) is 0.920. The highest BCUT2D eigenvalue weighted by Crippen LogP contribution is 2.35. The summed E-state index contributed by atoms with van der Waals surface area (Å²) in [6.07, 6.45) is 0. The number of carbonyl (C=O) groups excluding carboxylic acids is 2. The molecule has 0 N–H and O–H groups in total. The molecule has 19 heavy (non-hydrogen) atoms. The monoisotopic (exact) mass is 257 g/mol. The molecule has 1 aliphatic heterocycles. The summed E-state index contributed by atoms with van der Waals surface area (Å²) in [5, 5.41) is 11.6. The van der Waals surface area contributed by atoms with Crippen LogP contribution in [-0.2, 0) is 4.74 Å². The molecule has 0 bridgehead atoms. The highest BCUT2D eigenvalue weighted by Gasteiger charge is 2.30. The zero-order valence-electron chi connectivity index (χ0n) is 9.80. The number of nitrogens with zero attached hydrogens (tertiary/aromatic N) is 1. The van der Waals surface area contributed by atoms with Gasteiger partial charge in [0.25, 0.3) is 5.69 Å². The first-order valence-corrected chi connectivity index (χ1v) is 5.47. The Kier molecular flexibility index (Phi) is 2.16. The lowest BCUT2D eigenvalue weighted by Gasteiger charge is -2.15. The van der Waals surface area contributed by atoms with E-state index in [0.717, 1.165) is 0 Å². The fourth-order valence-electron chi connectivity index (χ4n) is 2.30. The Morgan fingerprint density at radius 3 is 2.47 bits per heavy atom. The third-order valence-corrected chi connectivity index (χ3v) is 3.06. The Hall–Kier alpha value is -2.76. The van der Waals surface area contributed by atoms with E-state index in [9.17, 15) is 19.7 Å². The number of rotatable bonds is 1. The minimum Gasteiger partial charge on any atom is -0.386 e. The molecule has 1 heterocycles. The summed E-state index contributed by atoms with van der Waals surface area (Å²) in [6, 6.07) is 5.71. The second-order valence-electron chi connectivity index (χ2n) is 4.30. The van der Waals surface area contributed by atoms with Crippen molar-refractivity contribution in [2.45, 2.75) is 6.92 Å². The van der Waals surface area contributed by atoms with Crippen molar-refractivity contribution in [2.75, 3.05) is 0 Å². The van der Waals surface area contributed by atoms with Gasteiger partial charge in [0, 0.05) is 11.5 Å². The number of benzene rings is 2. The number of non-ortho nitro benzene ring substituents is 1. The fraction of sp³-hybridized carbons (Fsp3) is 0.0769. The van der Waals surface area contributed by atoms with Crippen LogP contribution in [0, 0.1) is 17.0 Å². The fourth-order valence-corrected chi connectivity index (χ4v) is 2.30. The predicted octanol–water partition coefficient (Wildman–Crippen LogP) is 2.37. The van der Waals surface area contributed by atoms with E-state index in [1.165, 1.54) is 12.1 Å². The molecule has 3 rings (SSSR count). The maximum Gasteiger partial charge on any atom is 0.346 e. The van der Waals surface area contributed by atoms with Crippen molar-refractivity contribution in [3.8, 4) is 0 Å². The summed E-state index contributed by atoms with van der Waals surface area (Å²) in [4.78, 5) is 33.8. The molecule has 0 unspecified atom stereocenters. The number of nitro groups is 1. The lowest BCUT2D eigenvalue weighted by molar-refractivity contribution is -0.383. The van der Waals surface area contributed by atoms with E-state index in [1.807, 2.05) is 0 Å². The van der Waals surface area contributed by atoms with Gasteiger partial charge in [-0.2, -0.15) is 0 Å². The van der Waals surface area contributed by atoms with Crippen LogP contribution in [0.25, 0.3) is 10.8 Å². The lowest BCUT2D eigenvalue weighted by Crippen LogP contribution is -2.20. The van der Waals surface area contributed by atoms with Gasteiger partial charge in [-0.25, -0.2) is 9.59 Å². The topological polar surface area (TPSA) is 86.5 Å². The number of aryl methyl sites for hydroxylation is 1. The molecule has 0 radical (unpaired) electrons. The molecule has 0 saturated heterocycles. The Morgan fingerprint density at radius 2 is 1.79 bits per heavy atom. The van der Waals surface area contributed by atoms with Gasteiger partial charge in [0.15, 0.2) is 0 Å². The van der Waals surface area contributed by atoms with Crippen molar-refractivity contribution < 1.29 is 19.2 Å². The zero-order valence-corrected chi connectivity index (χ0v) is 9.80. The molecule has 0 amide bonds. The van der Waals surface area contributed by atoms with Crippen molar-refractivity contribution in [2.24, 2.45) is 0 Å². The van der Waals surface area contributed by atoms with E-state index < -0.39 is 16.9 Å². The smallest absolute Gasteiger partial charge is 0.346 e. The van der Waals surface area contributed by atoms with Crippen LogP contribution in [0.1, 0.15) is 26.3 Å². The maximum absolute atomic E-state index is 11.7. The van der Waals surface area contributed by atoms with Gasteiger partial charge in [-0.05, 0) is 30.7 Å². The Labute approximate surface area is 106 Å². The molecule has 0 aromatic heterocycles. The Balaban J connectivity index is 2.56. The largest absolute Gasteiger partial charge is 0.386 e. The SMILES string of the molecule is Cc1cc2c3c(ccc([N+](=O)[O-])c3c1)C(=O)OC2=O. The van der Waals surface area contributed by atoms with Gasteiger partial charge in [0.05, 0.1) is 21.4 Å². The summed E-state index contributed by atoms with van der Waals surface area (Å²) in [7, 11) is 0. The first kappa shape index (κ1) is 11.3. The third kappa shape index (κ3) is 1.50. The molecule has 1 aliphatic rings. The van der Waals surface area contributed by atoms with E-state index in [1.54, 1.807) is 19.1 Å². The molecule has 2 aromatic carbocycles. The van der Waals surface area contributed by atoms with Crippen molar-refractivity contribution in [3.63, 3.8) is 0 Å². The molecule has 94 valence electrons. The quantitative estimate of drug-likeness (QED) is 0.339. The van der Waals surface area contributed by atoms with Crippen LogP contribution >= 0.6 is 0 Å².